The average molecular weight is 308 g/mol. The largest absolute Gasteiger partial charge is 0.465 e. The highest BCUT2D eigenvalue weighted by Crippen LogP contribution is 2.30. The molecular formula is C15H20N2O5. The summed E-state index contributed by atoms with van der Waals surface area (Å²) in [6, 6.07) is 4.17. The van der Waals surface area contributed by atoms with Crippen molar-refractivity contribution in [3.05, 3.63) is 33.9 Å². The van der Waals surface area contributed by atoms with Crippen molar-refractivity contribution in [2.75, 3.05) is 26.1 Å². The van der Waals surface area contributed by atoms with Crippen molar-refractivity contribution in [2.45, 2.75) is 25.4 Å². The van der Waals surface area contributed by atoms with Gasteiger partial charge in [-0.25, -0.2) is 4.79 Å². The van der Waals surface area contributed by atoms with Gasteiger partial charge in [-0.15, -0.1) is 0 Å². The van der Waals surface area contributed by atoms with Gasteiger partial charge < -0.3 is 14.8 Å². The SMILES string of the molecule is COC(=O)c1ccc([N+](=O)[O-])c(NC[C@@H]2CCC[C@@H]2OC)c1. The van der Waals surface area contributed by atoms with Crippen LogP contribution in [0.3, 0.4) is 0 Å². The number of hydrogen-bond donors (Lipinski definition) is 1. The van der Waals surface area contributed by atoms with E-state index in [1.807, 2.05) is 0 Å². The Labute approximate surface area is 128 Å². The molecule has 0 heterocycles. The summed E-state index contributed by atoms with van der Waals surface area (Å²) in [5, 5.41) is 14.2. The lowest BCUT2D eigenvalue weighted by Gasteiger charge is -2.19. The Morgan fingerprint density at radius 3 is 2.82 bits per heavy atom. The highest BCUT2D eigenvalue weighted by molar-refractivity contribution is 5.91. The molecule has 1 N–H and O–H groups in total. The maximum absolute atomic E-state index is 11.6. The Balaban J connectivity index is 2.16. The van der Waals surface area contributed by atoms with E-state index in [4.69, 9.17) is 4.74 Å². The summed E-state index contributed by atoms with van der Waals surface area (Å²) in [5.41, 5.74) is 0.555. The van der Waals surface area contributed by atoms with E-state index < -0.39 is 10.9 Å². The molecule has 0 bridgehead atoms. The molecule has 7 nitrogen and oxygen atoms in total. The molecule has 120 valence electrons. The second-order valence-corrected chi connectivity index (χ2v) is 5.33. The quantitative estimate of drug-likeness (QED) is 0.493. The lowest BCUT2D eigenvalue weighted by Crippen LogP contribution is -2.24. The van der Waals surface area contributed by atoms with Gasteiger partial charge in [-0.3, -0.25) is 10.1 Å². The minimum atomic E-state index is -0.520. The van der Waals surface area contributed by atoms with E-state index >= 15 is 0 Å². The van der Waals surface area contributed by atoms with Crippen LogP contribution in [0.5, 0.6) is 0 Å². The molecule has 2 rings (SSSR count). The fourth-order valence-electron chi connectivity index (χ4n) is 2.87. The molecule has 1 fully saturated rings. The van der Waals surface area contributed by atoms with E-state index in [1.54, 1.807) is 7.11 Å². The summed E-state index contributed by atoms with van der Waals surface area (Å²) in [6.45, 7) is 0.573. The molecule has 0 aliphatic heterocycles. The van der Waals surface area contributed by atoms with E-state index in [9.17, 15) is 14.9 Å². The number of nitrogens with one attached hydrogen (secondary N) is 1. The van der Waals surface area contributed by atoms with Crippen LogP contribution in [0.2, 0.25) is 0 Å². The molecule has 0 saturated heterocycles. The fraction of sp³-hybridized carbons (Fsp3) is 0.533. The average Bonchev–Trinajstić information content (AvgIpc) is 2.99. The number of ether oxygens (including phenoxy) is 2. The minimum absolute atomic E-state index is 0.0559. The summed E-state index contributed by atoms with van der Waals surface area (Å²) in [7, 11) is 2.96. The molecule has 1 aliphatic carbocycles. The highest BCUT2D eigenvalue weighted by Gasteiger charge is 2.27. The number of nitro benzene ring substituents is 1. The Bertz CT molecular complexity index is 561. The Hall–Kier alpha value is -2.15. The van der Waals surface area contributed by atoms with Crippen LogP contribution >= 0.6 is 0 Å². The number of carbonyl (C=O) groups is 1. The zero-order valence-corrected chi connectivity index (χ0v) is 12.7. The summed E-state index contributed by atoms with van der Waals surface area (Å²) < 4.78 is 10.1. The van der Waals surface area contributed by atoms with Crippen molar-refractivity contribution in [3.8, 4) is 0 Å². The fourth-order valence-corrected chi connectivity index (χ4v) is 2.87. The van der Waals surface area contributed by atoms with Gasteiger partial charge in [0.25, 0.3) is 5.69 Å². The van der Waals surface area contributed by atoms with Gasteiger partial charge in [-0.05, 0) is 25.0 Å². The molecule has 22 heavy (non-hydrogen) atoms. The van der Waals surface area contributed by atoms with Gasteiger partial charge in [0.05, 0.1) is 23.7 Å². The molecule has 0 amide bonds. The lowest BCUT2D eigenvalue weighted by atomic mass is 10.1. The van der Waals surface area contributed by atoms with Crippen molar-refractivity contribution >= 4 is 17.3 Å². The first-order valence-corrected chi connectivity index (χ1v) is 7.20. The smallest absolute Gasteiger partial charge is 0.337 e. The van der Waals surface area contributed by atoms with Crippen molar-refractivity contribution in [1.82, 2.24) is 0 Å². The second-order valence-electron chi connectivity index (χ2n) is 5.33. The second kappa shape index (κ2) is 7.22. The number of nitro groups is 1. The van der Waals surface area contributed by atoms with Crippen LogP contribution in [-0.2, 0) is 9.47 Å². The predicted octanol–water partition coefficient (Wildman–Crippen LogP) is 2.61. The Morgan fingerprint density at radius 1 is 1.41 bits per heavy atom. The molecule has 0 unspecified atom stereocenters. The van der Waals surface area contributed by atoms with E-state index in [1.165, 1.54) is 25.3 Å². The molecule has 7 heteroatoms. The number of nitrogens with zero attached hydrogens (tertiary/aromatic N) is 1. The van der Waals surface area contributed by atoms with E-state index in [0.717, 1.165) is 19.3 Å². The standard InChI is InChI=1S/C15H20N2O5/c1-21-14-5-3-4-11(14)9-16-12-8-10(15(18)22-2)6-7-13(12)17(19)20/h6-8,11,14,16H,3-5,9H2,1-2H3/t11-,14-/m0/s1. The van der Waals surface area contributed by atoms with Gasteiger partial charge in [-0.1, -0.05) is 6.42 Å². The van der Waals surface area contributed by atoms with Gasteiger partial charge in [0.1, 0.15) is 5.69 Å². The van der Waals surface area contributed by atoms with Gasteiger partial charge in [0, 0.05) is 25.6 Å². The van der Waals surface area contributed by atoms with Crippen molar-refractivity contribution in [3.63, 3.8) is 0 Å². The summed E-state index contributed by atoms with van der Waals surface area (Å²) in [4.78, 5) is 22.2. The topological polar surface area (TPSA) is 90.7 Å². The summed E-state index contributed by atoms with van der Waals surface area (Å²) in [5.74, 6) is -0.208. The van der Waals surface area contributed by atoms with Gasteiger partial charge in [-0.2, -0.15) is 0 Å². The number of carbonyl (C=O) groups excluding carboxylic acids is 1. The van der Waals surface area contributed by atoms with Crippen molar-refractivity contribution in [1.29, 1.82) is 0 Å². The third-order valence-electron chi connectivity index (χ3n) is 4.06. The molecule has 0 spiro atoms. The predicted molar refractivity (Wildman–Crippen MR) is 81.1 cm³/mol. The first-order chi connectivity index (χ1) is 10.6. The van der Waals surface area contributed by atoms with Crippen LogP contribution in [0.15, 0.2) is 18.2 Å². The zero-order chi connectivity index (χ0) is 16.1. The molecule has 1 aromatic carbocycles. The third kappa shape index (κ3) is 3.54. The molecule has 1 aliphatic rings. The van der Waals surface area contributed by atoms with Crippen LogP contribution in [-0.4, -0.2) is 37.8 Å². The number of benzene rings is 1. The first-order valence-electron chi connectivity index (χ1n) is 7.20. The van der Waals surface area contributed by atoms with Crippen molar-refractivity contribution < 1.29 is 19.2 Å². The third-order valence-corrected chi connectivity index (χ3v) is 4.06. The lowest BCUT2D eigenvalue weighted by molar-refractivity contribution is -0.384. The van der Waals surface area contributed by atoms with Crippen molar-refractivity contribution in [2.24, 2.45) is 5.92 Å². The Morgan fingerprint density at radius 2 is 2.18 bits per heavy atom. The van der Waals surface area contributed by atoms with E-state index in [0.29, 0.717) is 18.2 Å². The maximum atomic E-state index is 11.6. The van der Waals surface area contributed by atoms with Crippen LogP contribution in [0.25, 0.3) is 0 Å². The van der Waals surface area contributed by atoms with Gasteiger partial charge >= 0.3 is 5.97 Å². The molecule has 0 aromatic heterocycles. The number of hydrogen-bond acceptors (Lipinski definition) is 6. The zero-order valence-electron chi connectivity index (χ0n) is 12.7. The monoisotopic (exact) mass is 308 g/mol. The van der Waals surface area contributed by atoms with Crippen LogP contribution < -0.4 is 5.32 Å². The molecule has 2 atom stereocenters. The van der Waals surface area contributed by atoms with Gasteiger partial charge in [0.15, 0.2) is 0 Å². The molecular weight excluding hydrogens is 288 g/mol. The van der Waals surface area contributed by atoms with Gasteiger partial charge in [0.2, 0.25) is 0 Å². The number of methoxy groups -OCH3 is 2. The normalized spacial score (nSPS) is 20.6. The van der Waals surface area contributed by atoms with Crippen LogP contribution in [0.1, 0.15) is 29.6 Å². The Kier molecular flexibility index (Phi) is 5.32. The molecule has 1 aromatic rings. The van der Waals surface area contributed by atoms with E-state index in [2.05, 4.69) is 10.1 Å². The number of anilines is 1. The van der Waals surface area contributed by atoms with Crippen LogP contribution in [0, 0.1) is 16.0 Å². The summed E-state index contributed by atoms with van der Waals surface area (Å²) >= 11 is 0. The number of esters is 1. The minimum Gasteiger partial charge on any atom is -0.465 e. The summed E-state index contributed by atoms with van der Waals surface area (Å²) in [6.07, 6.45) is 3.30. The highest BCUT2D eigenvalue weighted by atomic mass is 16.6. The molecule has 1 saturated carbocycles. The first kappa shape index (κ1) is 16.2. The van der Waals surface area contributed by atoms with E-state index in [-0.39, 0.29) is 17.4 Å². The molecule has 0 radical (unpaired) electrons. The maximum Gasteiger partial charge on any atom is 0.337 e. The van der Waals surface area contributed by atoms with Crippen LogP contribution in [0.4, 0.5) is 11.4 Å². The number of rotatable bonds is 6.